The monoisotopic (exact) mass is 782 g/mol. The number of hydrogen-bond acceptors (Lipinski definition) is 7. The highest BCUT2D eigenvalue weighted by Crippen LogP contribution is 2.40. The molecule has 1 heterocycles. The molecule has 0 spiro atoms. The summed E-state index contributed by atoms with van der Waals surface area (Å²) in [6, 6.07) is 12.1. The van der Waals surface area contributed by atoms with E-state index in [1.807, 2.05) is 0 Å². The molecule has 0 aromatic heterocycles. The molecule has 0 unspecified atom stereocenters. The van der Waals surface area contributed by atoms with Crippen molar-refractivity contribution in [1.29, 1.82) is 0 Å². The molecule has 1 rings (SSSR count). The van der Waals surface area contributed by atoms with Crippen LogP contribution in [0.2, 0.25) is 72.5 Å². The third-order valence-electron chi connectivity index (χ3n) is 11.7. The van der Waals surface area contributed by atoms with Crippen molar-refractivity contribution in [2.75, 3.05) is 6.61 Å². The number of esters is 1. The van der Waals surface area contributed by atoms with E-state index in [-0.39, 0.29) is 6.10 Å². The summed E-state index contributed by atoms with van der Waals surface area (Å²) in [5, 5.41) is 0. The first-order valence-electron chi connectivity index (χ1n) is 18.7. The number of halogens is 1. The third kappa shape index (κ3) is 10.9. The Hall–Kier alpha value is 0.358. The molecule has 1 aliphatic rings. The molecule has 1 saturated heterocycles. The van der Waals surface area contributed by atoms with E-state index in [4.69, 9.17) is 27.2 Å². The molecule has 5 atom stereocenters. The fourth-order valence-electron chi connectivity index (χ4n) is 6.93. The van der Waals surface area contributed by atoms with Gasteiger partial charge in [0.2, 0.25) is 6.29 Å². The Bertz CT molecular complexity index is 875. The lowest BCUT2D eigenvalue weighted by atomic mass is 9.99. The van der Waals surface area contributed by atoms with Crippen molar-refractivity contribution in [2.45, 2.75) is 193 Å². The van der Waals surface area contributed by atoms with E-state index >= 15 is 0 Å². The normalized spacial score (nSPS) is 23.5. The van der Waals surface area contributed by atoms with Crippen LogP contribution in [0, 0.1) is 0 Å². The van der Waals surface area contributed by atoms with Gasteiger partial charge in [-0.15, -0.1) is 0 Å². The van der Waals surface area contributed by atoms with Crippen LogP contribution in [0.3, 0.4) is 0 Å². The van der Waals surface area contributed by atoms with Crippen molar-refractivity contribution >= 4 is 55.2 Å². The van der Waals surface area contributed by atoms with Gasteiger partial charge in [0.25, 0.3) is 0 Å². The van der Waals surface area contributed by atoms with Crippen molar-refractivity contribution in [2.24, 2.45) is 0 Å². The number of hydrogen-bond donors (Lipinski definition) is 0. The molecule has 0 bridgehead atoms. The highest BCUT2D eigenvalue weighted by atomic mass is 79.9. The number of ether oxygens (including phenoxy) is 2. The lowest BCUT2D eigenvalue weighted by Crippen LogP contribution is -2.68. The summed E-state index contributed by atoms with van der Waals surface area (Å²) in [5.74, 6) is -0.422. The molecule has 1 fully saturated rings. The minimum absolute atomic E-state index is 0.370. The minimum atomic E-state index is -2.21. The zero-order chi connectivity index (χ0) is 35.2. The van der Waals surface area contributed by atoms with Gasteiger partial charge in [0.1, 0.15) is 24.4 Å². The van der Waals surface area contributed by atoms with Gasteiger partial charge in [-0.3, -0.25) is 0 Å². The first-order chi connectivity index (χ1) is 21.8. The maximum atomic E-state index is 13.4. The fourth-order valence-corrected chi connectivity index (χ4v) is 18.3. The Morgan fingerprint density at radius 3 is 1.28 bits per heavy atom. The Labute approximate surface area is 296 Å². The summed E-state index contributed by atoms with van der Waals surface area (Å²) in [6.07, 6.45) is -2.75. The van der Waals surface area contributed by atoms with Crippen molar-refractivity contribution in [3.63, 3.8) is 0 Å². The summed E-state index contributed by atoms with van der Waals surface area (Å²) < 4.78 is 42.6. The van der Waals surface area contributed by atoms with Crippen LogP contribution in [-0.2, 0) is 32.0 Å². The van der Waals surface area contributed by atoms with Gasteiger partial charge >= 0.3 is 5.97 Å². The SMILES string of the molecule is CC[Si](CC)(CC)OC[C@@H]1O[C@H](OC(=O)/C(C)=C/Br)[C@@H](O[Si](CC)(CC)CC)[C@H](O[Si](CC)(CC)CC)[C@H]1O[Si](CC)(CC)CC. The topological polar surface area (TPSA) is 72.5 Å². The molecule has 0 saturated carbocycles. The minimum Gasteiger partial charge on any atom is -0.429 e. The Balaban J connectivity index is 4.06. The van der Waals surface area contributed by atoms with E-state index < -0.39 is 63.8 Å². The maximum absolute atomic E-state index is 13.4. The first kappa shape index (κ1) is 44.4. The van der Waals surface area contributed by atoms with E-state index in [9.17, 15) is 4.79 Å². The van der Waals surface area contributed by atoms with Crippen molar-refractivity contribution in [3.8, 4) is 0 Å². The Morgan fingerprint density at radius 1 is 0.587 bits per heavy atom. The standard InChI is InChI=1S/C34H71BrO7Si4/c1-14-43(15-2,16-3)37-27-29-30(40-44(17-4,18-5)19-6)31(41-45(20-7,21-8)22-9)32(42-46(23-10,24-11)25-12)34(38-29)39-33(36)28(13)26-35/h26,29-32,34H,14-25,27H2,1-13H3/b28-26+/t29-,30-,31+,32-,34+/m0/s1. The van der Waals surface area contributed by atoms with E-state index in [2.05, 4.69) is 99.0 Å². The van der Waals surface area contributed by atoms with Crippen molar-refractivity contribution < 1.29 is 32.0 Å². The molecule has 46 heavy (non-hydrogen) atoms. The average molecular weight is 784 g/mol. The number of carbonyl (C=O) groups is 1. The average Bonchev–Trinajstić information content (AvgIpc) is 3.10. The van der Waals surface area contributed by atoms with E-state index in [0.29, 0.717) is 12.2 Å². The predicted octanol–water partition coefficient (Wildman–Crippen LogP) is 10.7. The molecule has 0 N–H and O–H groups in total. The van der Waals surface area contributed by atoms with Crippen LogP contribution in [0.1, 0.15) is 90.0 Å². The summed E-state index contributed by atoms with van der Waals surface area (Å²) in [4.78, 5) is 15.0. The molecule has 0 aromatic carbocycles. The molecule has 0 aromatic rings. The van der Waals surface area contributed by atoms with Crippen LogP contribution in [0.4, 0.5) is 0 Å². The van der Waals surface area contributed by atoms with Gasteiger partial charge in [-0.2, -0.15) is 0 Å². The van der Waals surface area contributed by atoms with Gasteiger partial charge in [-0.1, -0.05) is 99.0 Å². The zero-order valence-corrected chi connectivity index (χ0v) is 37.5. The van der Waals surface area contributed by atoms with Gasteiger partial charge < -0.3 is 27.2 Å². The van der Waals surface area contributed by atoms with Gasteiger partial charge in [-0.05, 0) is 84.4 Å². The van der Waals surface area contributed by atoms with Crippen LogP contribution < -0.4 is 0 Å². The lowest BCUT2D eigenvalue weighted by Gasteiger charge is -2.52. The van der Waals surface area contributed by atoms with Crippen LogP contribution in [-0.4, -0.2) is 76.6 Å². The first-order valence-corrected chi connectivity index (χ1v) is 29.7. The molecular formula is C34H71BrO7Si4. The summed E-state index contributed by atoms with van der Waals surface area (Å²) in [7, 11) is -8.49. The molecule has 1 aliphatic heterocycles. The molecule has 7 nitrogen and oxygen atoms in total. The lowest BCUT2D eigenvalue weighted by molar-refractivity contribution is -0.281. The van der Waals surface area contributed by atoms with Crippen molar-refractivity contribution in [3.05, 3.63) is 10.6 Å². The van der Waals surface area contributed by atoms with E-state index in [1.54, 1.807) is 11.9 Å². The Morgan fingerprint density at radius 2 is 0.935 bits per heavy atom. The molecule has 0 aliphatic carbocycles. The summed E-state index contributed by atoms with van der Waals surface area (Å²) in [5.41, 5.74) is 0.471. The summed E-state index contributed by atoms with van der Waals surface area (Å²) >= 11 is 3.33. The highest BCUT2D eigenvalue weighted by Gasteiger charge is 2.56. The van der Waals surface area contributed by atoms with Gasteiger partial charge in [0, 0.05) is 5.57 Å². The highest BCUT2D eigenvalue weighted by molar-refractivity contribution is 9.11. The Kier molecular flexibility index (Phi) is 20.2. The van der Waals surface area contributed by atoms with Crippen LogP contribution in [0.5, 0.6) is 0 Å². The zero-order valence-electron chi connectivity index (χ0n) is 31.9. The largest absolute Gasteiger partial charge is 0.429 e. The number of rotatable bonds is 23. The van der Waals surface area contributed by atoms with Gasteiger partial charge in [0.05, 0.1) is 6.61 Å². The van der Waals surface area contributed by atoms with Gasteiger partial charge in [0.15, 0.2) is 33.3 Å². The van der Waals surface area contributed by atoms with Crippen LogP contribution in [0.25, 0.3) is 0 Å². The second-order valence-electron chi connectivity index (χ2n) is 13.3. The second-order valence-corrected chi connectivity index (χ2v) is 32.7. The summed E-state index contributed by atoms with van der Waals surface area (Å²) in [6.45, 7) is 29.2. The molecule has 12 heteroatoms. The number of carbonyl (C=O) groups excluding carboxylic acids is 1. The van der Waals surface area contributed by atoms with E-state index in [0.717, 1.165) is 72.5 Å². The molecule has 0 radical (unpaired) electrons. The van der Waals surface area contributed by atoms with E-state index in [1.165, 1.54) is 0 Å². The molecular weight excluding hydrogens is 713 g/mol. The van der Waals surface area contributed by atoms with Crippen LogP contribution >= 0.6 is 15.9 Å². The third-order valence-corrected chi connectivity index (χ3v) is 31.0. The molecule has 272 valence electrons. The maximum Gasteiger partial charge on any atom is 0.336 e. The second kappa shape index (κ2) is 20.9. The fraction of sp³-hybridized carbons (Fsp3) is 0.912. The van der Waals surface area contributed by atoms with Crippen molar-refractivity contribution in [1.82, 2.24) is 0 Å². The molecule has 0 amide bonds. The smallest absolute Gasteiger partial charge is 0.336 e. The van der Waals surface area contributed by atoms with Gasteiger partial charge in [-0.25, -0.2) is 4.79 Å². The quantitative estimate of drug-likeness (QED) is 0.0580. The van der Waals surface area contributed by atoms with Crippen LogP contribution in [0.15, 0.2) is 10.6 Å². The predicted molar refractivity (Wildman–Crippen MR) is 207 cm³/mol.